The van der Waals surface area contributed by atoms with Gasteiger partial charge in [0.05, 0.1) is 6.54 Å². The highest BCUT2D eigenvalue weighted by Gasteiger charge is 2.09. The Hall–Kier alpha value is -3.29. The maximum atomic E-state index is 12.0. The van der Waals surface area contributed by atoms with Crippen LogP contribution in [0.4, 0.5) is 10.5 Å². The summed E-state index contributed by atoms with van der Waals surface area (Å²) in [5.41, 5.74) is 1.62. The fraction of sp³-hybridized carbons (Fsp3) is 0.235. The molecule has 0 atom stereocenters. The fourth-order valence-electron chi connectivity index (χ4n) is 2.44. The molecule has 130 valence electrons. The number of hydrogen-bond acceptors (Lipinski definition) is 3. The zero-order valence-electron chi connectivity index (χ0n) is 14.1. The molecule has 0 saturated heterocycles. The minimum Gasteiger partial charge on any atom is -0.347 e. The molecule has 8 nitrogen and oxygen atoms in total. The van der Waals surface area contributed by atoms with Gasteiger partial charge in [-0.3, -0.25) is 4.79 Å². The van der Waals surface area contributed by atoms with Crippen LogP contribution in [0.2, 0.25) is 0 Å². The molecule has 0 unspecified atom stereocenters. The van der Waals surface area contributed by atoms with Crippen molar-refractivity contribution in [2.75, 3.05) is 19.4 Å². The van der Waals surface area contributed by atoms with Crippen molar-refractivity contribution in [3.05, 3.63) is 48.7 Å². The molecule has 8 heteroatoms. The van der Waals surface area contributed by atoms with Gasteiger partial charge < -0.3 is 25.1 Å². The molecule has 3 rings (SSSR count). The number of likely N-dealkylation sites (N-methyl/N-ethyl adjacent to an activating group) is 1. The van der Waals surface area contributed by atoms with Crippen LogP contribution >= 0.6 is 0 Å². The summed E-state index contributed by atoms with van der Waals surface area (Å²) in [5.74, 6) is 0.713. The van der Waals surface area contributed by atoms with Crippen LogP contribution in [0.25, 0.3) is 10.9 Å². The minimum atomic E-state index is -0.307. The van der Waals surface area contributed by atoms with E-state index < -0.39 is 0 Å². The van der Waals surface area contributed by atoms with Crippen molar-refractivity contribution in [1.29, 1.82) is 0 Å². The summed E-state index contributed by atoms with van der Waals surface area (Å²) in [7, 11) is 3.47. The average molecular weight is 340 g/mol. The number of H-pyrrole nitrogens is 1. The molecule has 25 heavy (non-hydrogen) atoms. The van der Waals surface area contributed by atoms with Crippen LogP contribution in [0.3, 0.4) is 0 Å². The molecule has 0 aliphatic heterocycles. The van der Waals surface area contributed by atoms with Crippen molar-refractivity contribution in [2.24, 2.45) is 0 Å². The number of amides is 3. The maximum Gasteiger partial charge on any atom is 0.319 e. The molecule has 0 saturated carbocycles. The number of nitrogens with one attached hydrogen (secondary N) is 3. The average Bonchev–Trinajstić information content (AvgIpc) is 3.23. The van der Waals surface area contributed by atoms with Crippen molar-refractivity contribution in [2.45, 2.75) is 13.1 Å². The van der Waals surface area contributed by atoms with E-state index in [1.54, 1.807) is 31.4 Å². The topological polar surface area (TPSA) is 95.1 Å². The first-order chi connectivity index (χ1) is 12.0. The smallest absolute Gasteiger partial charge is 0.319 e. The molecule has 1 aromatic carbocycles. The molecule has 3 amide bonds. The molecule has 2 aromatic heterocycles. The van der Waals surface area contributed by atoms with Gasteiger partial charge in [0.15, 0.2) is 0 Å². The van der Waals surface area contributed by atoms with E-state index in [9.17, 15) is 9.59 Å². The van der Waals surface area contributed by atoms with Gasteiger partial charge in [-0.25, -0.2) is 9.78 Å². The summed E-state index contributed by atoms with van der Waals surface area (Å²) in [5, 5.41) is 6.47. The second kappa shape index (κ2) is 7.08. The van der Waals surface area contributed by atoms with Crippen LogP contribution in [0.1, 0.15) is 5.82 Å². The van der Waals surface area contributed by atoms with E-state index in [1.165, 1.54) is 0 Å². The van der Waals surface area contributed by atoms with Crippen molar-refractivity contribution in [3.8, 4) is 0 Å². The van der Waals surface area contributed by atoms with Gasteiger partial charge in [0.25, 0.3) is 0 Å². The van der Waals surface area contributed by atoms with Gasteiger partial charge in [-0.05, 0) is 24.3 Å². The SMILES string of the molecule is CN(C)C(=O)Cn1ccc2cc(NC(=O)NCc3ncc[nH]3)ccc21. The number of rotatable bonds is 5. The normalized spacial score (nSPS) is 10.6. The summed E-state index contributed by atoms with van der Waals surface area (Å²) in [6.45, 7) is 0.608. The summed E-state index contributed by atoms with van der Waals surface area (Å²) >= 11 is 0. The van der Waals surface area contributed by atoms with Gasteiger partial charge in [-0.15, -0.1) is 0 Å². The first-order valence-electron chi connectivity index (χ1n) is 7.85. The summed E-state index contributed by atoms with van der Waals surface area (Å²) in [4.78, 5) is 32.3. The van der Waals surface area contributed by atoms with Crippen LogP contribution in [-0.4, -0.2) is 45.5 Å². The number of aromatic amines is 1. The third-order valence-electron chi connectivity index (χ3n) is 3.80. The first kappa shape index (κ1) is 16.6. The van der Waals surface area contributed by atoms with Crippen LogP contribution in [-0.2, 0) is 17.9 Å². The number of hydrogen-bond donors (Lipinski definition) is 3. The molecule has 0 aliphatic carbocycles. The quantitative estimate of drug-likeness (QED) is 0.660. The Kier molecular flexibility index (Phi) is 4.69. The Morgan fingerprint density at radius 1 is 1.28 bits per heavy atom. The Morgan fingerprint density at radius 3 is 2.84 bits per heavy atom. The number of carbonyl (C=O) groups is 2. The molecule has 2 heterocycles. The number of nitrogens with zero attached hydrogens (tertiary/aromatic N) is 3. The van der Waals surface area contributed by atoms with Crippen LogP contribution in [0.15, 0.2) is 42.9 Å². The van der Waals surface area contributed by atoms with Gasteiger partial charge in [0, 0.05) is 49.3 Å². The first-order valence-corrected chi connectivity index (χ1v) is 7.85. The lowest BCUT2D eigenvalue weighted by molar-refractivity contribution is -0.129. The molecule has 0 aliphatic rings. The summed E-state index contributed by atoms with van der Waals surface area (Å²) in [6, 6.07) is 7.19. The monoisotopic (exact) mass is 340 g/mol. The van der Waals surface area contributed by atoms with Crippen molar-refractivity contribution >= 4 is 28.5 Å². The molecule has 0 spiro atoms. The Labute approximate surface area is 144 Å². The van der Waals surface area contributed by atoms with Crippen molar-refractivity contribution in [1.82, 2.24) is 24.8 Å². The number of carbonyl (C=O) groups excluding carboxylic acids is 2. The Bertz CT molecular complexity index is 882. The molecule has 3 aromatic rings. The van der Waals surface area contributed by atoms with E-state index in [0.29, 0.717) is 18.1 Å². The van der Waals surface area contributed by atoms with Gasteiger partial charge in [0.2, 0.25) is 5.91 Å². The largest absolute Gasteiger partial charge is 0.347 e. The lowest BCUT2D eigenvalue weighted by atomic mass is 10.2. The second-order valence-corrected chi connectivity index (χ2v) is 5.85. The molecular weight excluding hydrogens is 320 g/mol. The van der Waals surface area contributed by atoms with E-state index in [2.05, 4.69) is 20.6 Å². The molecule has 0 bridgehead atoms. The standard InChI is InChI=1S/C17H20N6O2/c1-22(2)16(24)11-23-8-5-12-9-13(3-4-14(12)23)21-17(25)20-10-15-18-6-7-19-15/h3-9H,10-11H2,1-2H3,(H,18,19)(H2,20,21,25). The number of aromatic nitrogens is 3. The van der Waals surface area contributed by atoms with Crippen molar-refractivity contribution in [3.63, 3.8) is 0 Å². The van der Waals surface area contributed by atoms with E-state index in [0.717, 1.165) is 10.9 Å². The lowest BCUT2D eigenvalue weighted by Crippen LogP contribution is -2.28. The molecule has 0 radical (unpaired) electrons. The van der Waals surface area contributed by atoms with Crippen LogP contribution in [0, 0.1) is 0 Å². The van der Waals surface area contributed by atoms with E-state index >= 15 is 0 Å². The summed E-state index contributed by atoms with van der Waals surface area (Å²) in [6.07, 6.45) is 5.20. The third kappa shape index (κ3) is 3.97. The lowest BCUT2D eigenvalue weighted by Gasteiger charge is -2.12. The zero-order valence-corrected chi connectivity index (χ0v) is 14.1. The van der Waals surface area contributed by atoms with Gasteiger partial charge in [0.1, 0.15) is 12.4 Å². The predicted molar refractivity (Wildman–Crippen MR) is 95.1 cm³/mol. The van der Waals surface area contributed by atoms with E-state index in [1.807, 2.05) is 35.0 Å². The van der Waals surface area contributed by atoms with Crippen LogP contribution < -0.4 is 10.6 Å². The van der Waals surface area contributed by atoms with E-state index in [4.69, 9.17) is 0 Å². The van der Waals surface area contributed by atoms with Gasteiger partial charge >= 0.3 is 6.03 Å². The third-order valence-corrected chi connectivity index (χ3v) is 3.80. The maximum absolute atomic E-state index is 12.0. The van der Waals surface area contributed by atoms with Gasteiger partial charge in [-0.1, -0.05) is 0 Å². The summed E-state index contributed by atoms with van der Waals surface area (Å²) < 4.78 is 1.89. The van der Waals surface area contributed by atoms with Crippen molar-refractivity contribution < 1.29 is 9.59 Å². The number of fused-ring (bicyclic) bond motifs is 1. The molecule has 3 N–H and O–H groups in total. The van der Waals surface area contributed by atoms with E-state index in [-0.39, 0.29) is 18.5 Å². The molecular formula is C17H20N6O2. The highest BCUT2D eigenvalue weighted by Crippen LogP contribution is 2.20. The number of benzene rings is 1. The minimum absolute atomic E-state index is 0.0250. The predicted octanol–water partition coefficient (Wildman–Crippen LogP) is 1.77. The number of anilines is 1. The zero-order chi connectivity index (χ0) is 17.8. The molecule has 0 fully saturated rings. The van der Waals surface area contributed by atoms with Crippen LogP contribution in [0.5, 0.6) is 0 Å². The highest BCUT2D eigenvalue weighted by molar-refractivity contribution is 5.93. The Morgan fingerprint density at radius 2 is 2.12 bits per heavy atom. The Balaban J connectivity index is 1.65. The highest BCUT2D eigenvalue weighted by atomic mass is 16.2. The number of urea groups is 1. The second-order valence-electron chi connectivity index (χ2n) is 5.85. The number of imidazole rings is 1. The fourth-order valence-corrected chi connectivity index (χ4v) is 2.44. The van der Waals surface area contributed by atoms with Gasteiger partial charge in [-0.2, -0.15) is 0 Å².